The number of ether oxygens (including phenoxy) is 3. The summed E-state index contributed by atoms with van der Waals surface area (Å²) in [6.07, 6.45) is -0.935. The van der Waals surface area contributed by atoms with Gasteiger partial charge in [0.1, 0.15) is 18.5 Å². The molecule has 0 aliphatic rings. The van der Waals surface area contributed by atoms with Crippen molar-refractivity contribution in [3.05, 3.63) is 65.7 Å². The van der Waals surface area contributed by atoms with Crippen LogP contribution in [0.4, 0.5) is 0 Å². The van der Waals surface area contributed by atoms with E-state index in [9.17, 15) is 5.11 Å². The van der Waals surface area contributed by atoms with Gasteiger partial charge in [-0.2, -0.15) is 0 Å². The minimum absolute atomic E-state index is 0.240. The van der Waals surface area contributed by atoms with Crippen LogP contribution in [0.25, 0.3) is 0 Å². The summed E-state index contributed by atoms with van der Waals surface area (Å²) in [5.74, 6) is 0.803. The minimum Gasteiger partial charge on any atom is -0.491 e. The molecule has 0 saturated carbocycles. The van der Waals surface area contributed by atoms with Crippen LogP contribution >= 0.6 is 0 Å². The Hall–Kier alpha value is -1.92. The maximum absolute atomic E-state index is 10.6. The molecule has 0 heterocycles. The second-order valence-electron chi connectivity index (χ2n) is 6.75. The molecule has 1 N–H and O–H groups in total. The third-order valence-corrected chi connectivity index (χ3v) is 4.36. The Balaban J connectivity index is 1.97. The van der Waals surface area contributed by atoms with E-state index in [0.29, 0.717) is 32.8 Å². The van der Waals surface area contributed by atoms with Crippen molar-refractivity contribution in [3.8, 4) is 5.75 Å². The average Bonchev–Trinajstić information content (AvgIpc) is 2.68. The smallest absolute Gasteiger partial charge is 0.170 e. The Morgan fingerprint density at radius 3 is 2.18 bits per heavy atom. The van der Waals surface area contributed by atoms with Crippen LogP contribution in [0.3, 0.4) is 0 Å². The minimum atomic E-state index is -0.618. The number of benzene rings is 2. The van der Waals surface area contributed by atoms with Gasteiger partial charge in [0, 0.05) is 32.8 Å². The molecule has 0 spiro atoms. The van der Waals surface area contributed by atoms with Crippen LogP contribution in [0.5, 0.6) is 5.75 Å². The number of aliphatic hydroxyl groups is 1. The van der Waals surface area contributed by atoms with E-state index in [1.54, 1.807) is 0 Å². The first-order valence-corrected chi connectivity index (χ1v) is 9.98. The predicted octanol–water partition coefficient (Wildman–Crippen LogP) is 3.64. The van der Waals surface area contributed by atoms with Gasteiger partial charge in [0.15, 0.2) is 6.29 Å². The molecule has 2 aromatic carbocycles. The molecule has 0 bridgehead atoms. The number of nitrogens with zero attached hydrogens (tertiary/aromatic N) is 1. The van der Waals surface area contributed by atoms with Gasteiger partial charge in [-0.15, -0.1) is 0 Å². The van der Waals surface area contributed by atoms with Crippen LogP contribution < -0.4 is 4.74 Å². The van der Waals surface area contributed by atoms with Crippen molar-refractivity contribution in [2.24, 2.45) is 0 Å². The van der Waals surface area contributed by atoms with Gasteiger partial charge in [-0.25, -0.2) is 0 Å². The Bertz CT molecular complexity index is 659. The van der Waals surface area contributed by atoms with Crippen LogP contribution in [0.15, 0.2) is 54.6 Å². The van der Waals surface area contributed by atoms with Gasteiger partial charge in [0.25, 0.3) is 0 Å². The van der Waals surface area contributed by atoms with Crippen LogP contribution in [0.1, 0.15) is 25.0 Å². The molecule has 5 nitrogen and oxygen atoms in total. The van der Waals surface area contributed by atoms with Gasteiger partial charge < -0.3 is 19.3 Å². The van der Waals surface area contributed by atoms with E-state index >= 15 is 0 Å². The fourth-order valence-electron chi connectivity index (χ4n) is 3.04. The van der Waals surface area contributed by atoms with Gasteiger partial charge in [0.05, 0.1) is 0 Å². The molecule has 2 rings (SSSR count). The van der Waals surface area contributed by atoms with Crippen LogP contribution in [-0.2, 0) is 16.0 Å². The number of aliphatic hydroxyl groups excluding tert-OH is 1. The van der Waals surface area contributed by atoms with Gasteiger partial charge >= 0.3 is 0 Å². The van der Waals surface area contributed by atoms with Crippen molar-refractivity contribution in [3.63, 3.8) is 0 Å². The summed E-state index contributed by atoms with van der Waals surface area (Å²) in [7, 11) is 0. The maximum atomic E-state index is 10.6. The molecule has 0 saturated heterocycles. The third-order valence-electron chi connectivity index (χ3n) is 4.36. The summed E-state index contributed by atoms with van der Waals surface area (Å²) < 4.78 is 17.2. The van der Waals surface area contributed by atoms with Gasteiger partial charge in [-0.3, -0.25) is 4.90 Å². The first-order chi connectivity index (χ1) is 13.6. The second-order valence-corrected chi connectivity index (χ2v) is 6.75. The van der Waals surface area contributed by atoms with Gasteiger partial charge in [0.2, 0.25) is 0 Å². The Labute approximate surface area is 168 Å². The summed E-state index contributed by atoms with van der Waals surface area (Å²) in [6, 6.07) is 18.0. The molecule has 2 aromatic rings. The molecular formula is C23H33NO4. The first kappa shape index (κ1) is 22.4. The molecule has 0 aromatic heterocycles. The lowest BCUT2D eigenvalue weighted by Gasteiger charge is -2.29. The van der Waals surface area contributed by atoms with E-state index in [4.69, 9.17) is 14.2 Å². The predicted molar refractivity (Wildman–Crippen MR) is 111 cm³/mol. The Kier molecular flexibility index (Phi) is 10.0. The number of aryl methyl sites for hydroxylation is 1. The van der Waals surface area contributed by atoms with Gasteiger partial charge in [-0.1, -0.05) is 48.5 Å². The lowest BCUT2D eigenvalue weighted by atomic mass is 10.2. The second kappa shape index (κ2) is 12.5. The van der Waals surface area contributed by atoms with E-state index in [2.05, 4.69) is 17.0 Å². The van der Waals surface area contributed by atoms with E-state index in [1.807, 2.05) is 63.2 Å². The SMILES string of the molecule is CCOC(CN(Cc1ccccc1)CC(O)COc1ccccc1C)OCC. The van der Waals surface area contributed by atoms with Crippen molar-refractivity contribution in [2.45, 2.75) is 39.7 Å². The molecule has 154 valence electrons. The first-order valence-electron chi connectivity index (χ1n) is 9.98. The number of para-hydroxylation sites is 1. The normalized spacial score (nSPS) is 12.5. The van der Waals surface area contributed by atoms with Crippen molar-refractivity contribution in [1.29, 1.82) is 0 Å². The highest BCUT2D eigenvalue weighted by molar-refractivity contribution is 5.31. The Morgan fingerprint density at radius 1 is 0.893 bits per heavy atom. The summed E-state index contributed by atoms with van der Waals surface area (Å²) in [4.78, 5) is 2.15. The molecule has 5 heteroatoms. The van der Waals surface area contributed by atoms with Crippen molar-refractivity contribution in [1.82, 2.24) is 4.90 Å². The molecule has 0 aliphatic carbocycles. The molecule has 0 aliphatic heterocycles. The molecule has 1 atom stereocenters. The molecule has 0 fully saturated rings. The zero-order valence-electron chi connectivity index (χ0n) is 17.2. The summed E-state index contributed by atoms with van der Waals surface area (Å²) in [5.41, 5.74) is 2.24. The van der Waals surface area contributed by atoms with Crippen molar-refractivity contribution < 1.29 is 19.3 Å². The zero-order chi connectivity index (χ0) is 20.2. The van der Waals surface area contributed by atoms with Crippen LogP contribution in [0.2, 0.25) is 0 Å². The molecular weight excluding hydrogens is 354 g/mol. The van der Waals surface area contributed by atoms with Crippen molar-refractivity contribution >= 4 is 0 Å². The lowest BCUT2D eigenvalue weighted by Crippen LogP contribution is -2.41. The number of hydrogen-bond donors (Lipinski definition) is 1. The van der Waals surface area contributed by atoms with Crippen LogP contribution in [-0.4, -0.2) is 55.3 Å². The van der Waals surface area contributed by atoms with E-state index in [0.717, 1.165) is 11.3 Å². The van der Waals surface area contributed by atoms with E-state index < -0.39 is 6.10 Å². The number of rotatable bonds is 13. The molecule has 0 radical (unpaired) electrons. The highest BCUT2D eigenvalue weighted by atomic mass is 16.7. The fraction of sp³-hybridized carbons (Fsp3) is 0.478. The third kappa shape index (κ3) is 7.98. The fourth-order valence-corrected chi connectivity index (χ4v) is 3.04. The highest BCUT2D eigenvalue weighted by Crippen LogP contribution is 2.16. The lowest BCUT2D eigenvalue weighted by molar-refractivity contribution is -0.150. The molecule has 28 heavy (non-hydrogen) atoms. The quantitative estimate of drug-likeness (QED) is 0.532. The zero-order valence-corrected chi connectivity index (χ0v) is 17.2. The van der Waals surface area contributed by atoms with Crippen molar-refractivity contribution in [2.75, 3.05) is 32.9 Å². The summed E-state index contributed by atoms with van der Waals surface area (Å²) in [5, 5.41) is 10.6. The van der Waals surface area contributed by atoms with E-state index in [-0.39, 0.29) is 12.9 Å². The molecule has 0 amide bonds. The highest BCUT2D eigenvalue weighted by Gasteiger charge is 2.19. The number of hydrogen-bond acceptors (Lipinski definition) is 5. The average molecular weight is 388 g/mol. The Morgan fingerprint density at radius 2 is 1.54 bits per heavy atom. The standard InChI is InChI=1S/C23H33NO4/c1-4-26-23(27-5-2)17-24(15-20-12-7-6-8-13-20)16-21(25)18-28-22-14-10-9-11-19(22)3/h6-14,21,23,25H,4-5,15-18H2,1-3H3. The van der Waals surface area contributed by atoms with Gasteiger partial charge in [-0.05, 0) is 38.0 Å². The maximum Gasteiger partial charge on any atom is 0.170 e. The monoisotopic (exact) mass is 387 g/mol. The van der Waals surface area contributed by atoms with Crippen LogP contribution in [0, 0.1) is 6.92 Å². The molecule has 1 unspecified atom stereocenters. The summed E-state index contributed by atoms with van der Waals surface area (Å²) in [6.45, 7) is 9.08. The summed E-state index contributed by atoms with van der Waals surface area (Å²) >= 11 is 0. The topological polar surface area (TPSA) is 51.2 Å². The largest absolute Gasteiger partial charge is 0.491 e. The van der Waals surface area contributed by atoms with E-state index in [1.165, 1.54) is 5.56 Å².